The number of aliphatic hydroxyl groups is 1. The van der Waals surface area contributed by atoms with Crippen molar-refractivity contribution in [2.45, 2.75) is 121 Å². The monoisotopic (exact) mass is 1350 g/mol. The van der Waals surface area contributed by atoms with Gasteiger partial charge in [-0.05, 0) is 121 Å². The molecule has 0 aliphatic carbocycles. The zero-order valence-electron chi connectivity index (χ0n) is 51.6. The van der Waals surface area contributed by atoms with E-state index in [4.69, 9.17) is 14.3 Å². The number of ether oxygens (including phenoxy) is 4. The molecule has 21 nitrogen and oxygen atoms in total. The van der Waals surface area contributed by atoms with Crippen molar-refractivity contribution >= 4 is 73.2 Å². The summed E-state index contributed by atoms with van der Waals surface area (Å²) in [6.07, 6.45) is 29.8. The molecule has 1 aromatic carbocycles. The largest absolute Gasteiger partial charge is 0.459 e. The van der Waals surface area contributed by atoms with Gasteiger partial charge in [-0.15, -0.1) is 52.6 Å². The number of benzene rings is 1. The number of aliphatic hydroxyl groups excluding tert-OH is 1. The fraction of sp³-hybridized carbons (Fsp3) is 0.413. The first kappa shape index (κ1) is 91.6. The number of hydrogen-bond donors (Lipinski definition) is 3. The number of nitrogens with one attached hydrogen (secondary N) is 2. The van der Waals surface area contributed by atoms with Gasteiger partial charge in [0.2, 0.25) is 39.1 Å². The standard InChI is InChI=1S/C26H34O4.C12H22N2O2.C9H16O.2C6H10O5S2.C4H6O2S/c1-5-9-13-23(14-10-6-2)29-25(27)21-17-19-22(20-18-21)26(28)30-24(15-11-7-3)16-12-8-4;1-3-5-7-11-16-14-10-9-13-12(15)8-6-4-2;1-3-5-7-9(10)8-6-4-2;2*1-3-10-13(8)6-9-5-11-12(7)4-2;1-3-6-7(5)4-2/h5-8,17-20,23-24H,1-4,9-16H2;3-4,14H,1-2,5-11H2,(H,13,15);3-4,9-10H,1-2,5-8H2;2*3-4H,1-2,5-6H2;3-4H,1-2H2. The highest BCUT2D eigenvalue weighted by Crippen LogP contribution is 2.17. The topological polar surface area (TPSA) is 273 Å². The Kier molecular flexibility index (Phi) is 74.7. The lowest BCUT2D eigenvalue weighted by Crippen LogP contribution is -2.31. The molecule has 5 unspecified atom stereocenters. The molecule has 0 aliphatic rings. The molecule has 26 heteroatoms. The summed E-state index contributed by atoms with van der Waals surface area (Å²) in [5.41, 5.74) is 3.60. The predicted molar refractivity (Wildman–Crippen MR) is 362 cm³/mol. The van der Waals surface area contributed by atoms with Crippen LogP contribution in [0.15, 0.2) is 200 Å². The maximum Gasteiger partial charge on any atom is 0.338 e. The molecule has 89 heavy (non-hydrogen) atoms. The van der Waals surface area contributed by atoms with Gasteiger partial charge in [-0.1, -0.05) is 88.1 Å². The highest BCUT2D eigenvalue weighted by molar-refractivity contribution is 7.83. The summed E-state index contributed by atoms with van der Waals surface area (Å²) in [5, 5.41) is 15.4. The summed E-state index contributed by atoms with van der Waals surface area (Å²) in [5.74, 6) is -1.08. The SMILES string of the molecule is C=CCCC(CCC=C)OC(=O)c1ccc(C(=O)OC(CCC=C)CCC=C)cc1.C=CCCC(O)CCC=C.C=CCCCONCCNC(=O)CCC=C.C=COS(=O)C=C.C=COS(=O)COCOS(=O)C=C.C=COS(=O)COCOS(=O)C=C. The predicted octanol–water partition coefficient (Wildman–Crippen LogP) is 12.5. The van der Waals surface area contributed by atoms with Crippen LogP contribution >= 0.6 is 0 Å². The number of hydroxylamine groups is 1. The summed E-state index contributed by atoms with van der Waals surface area (Å²) < 4.78 is 95.5. The van der Waals surface area contributed by atoms with E-state index < -0.39 is 67.3 Å². The summed E-state index contributed by atoms with van der Waals surface area (Å²) in [6, 6.07) is 6.39. The third-order valence-electron chi connectivity index (χ3n) is 9.74. The Hall–Kier alpha value is -6.14. The van der Waals surface area contributed by atoms with Gasteiger partial charge in [-0.3, -0.25) is 13.2 Å². The van der Waals surface area contributed by atoms with E-state index >= 15 is 0 Å². The van der Waals surface area contributed by atoms with Crippen molar-refractivity contribution in [1.29, 1.82) is 0 Å². The van der Waals surface area contributed by atoms with Gasteiger partial charge in [0.15, 0.2) is 47.6 Å². The van der Waals surface area contributed by atoms with Gasteiger partial charge in [0.05, 0.1) is 42.6 Å². The van der Waals surface area contributed by atoms with Crippen LogP contribution in [0.1, 0.15) is 123 Å². The first-order valence-corrected chi connectivity index (χ1v) is 33.6. The quantitative estimate of drug-likeness (QED) is 0.0136. The highest BCUT2D eigenvalue weighted by atomic mass is 32.2. The summed E-state index contributed by atoms with van der Waals surface area (Å²) in [4.78, 5) is 41.2. The van der Waals surface area contributed by atoms with Crippen LogP contribution < -0.4 is 10.8 Å². The van der Waals surface area contributed by atoms with E-state index in [1.165, 1.54) is 5.41 Å². The highest BCUT2D eigenvalue weighted by Gasteiger charge is 2.18. The molecule has 5 atom stereocenters. The van der Waals surface area contributed by atoms with Crippen LogP contribution in [0, 0.1) is 0 Å². The van der Waals surface area contributed by atoms with Crippen LogP contribution in [-0.4, -0.2) is 107 Å². The average Bonchev–Trinajstić information content (AvgIpc) is 3.35. The minimum Gasteiger partial charge on any atom is -0.459 e. The van der Waals surface area contributed by atoms with Crippen molar-refractivity contribution in [3.63, 3.8) is 0 Å². The minimum atomic E-state index is -1.58. The second kappa shape index (κ2) is 72.6. The number of amides is 1. The second-order valence-corrected chi connectivity index (χ2v) is 21.9. The zero-order valence-corrected chi connectivity index (χ0v) is 55.7. The van der Waals surface area contributed by atoms with Crippen LogP contribution in [0.4, 0.5) is 0 Å². The fourth-order valence-corrected chi connectivity index (χ4v) is 7.03. The van der Waals surface area contributed by atoms with E-state index in [0.29, 0.717) is 37.2 Å². The molecule has 504 valence electrons. The first-order chi connectivity index (χ1) is 42.9. The van der Waals surface area contributed by atoms with Crippen molar-refractivity contribution in [2.24, 2.45) is 0 Å². The van der Waals surface area contributed by atoms with Gasteiger partial charge in [0, 0.05) is 35.7 Å². The van der Waals surface area contributed by atoms with E-state index in [1.807, 2.05) is 42.5 Å². The second-order valence-electron chi connectivity index (χ2n) is 16.6. The molecule has 0 heterocycles. The molecule has 3 N–H and O–H groups in total. The Morgan fingerprint density at radius 1 is 0.472 bits per heavy atom. The van der Waals surface area contributed by atoms with E-state index in [0.717, 1.165) is 126 Å². The van der Waals surface area contributed by atoms with E-state index in [1.54, 1.807) is 30.3 Å². The van der Waals surface area contributed by atoms with E-state index in [2.05, 4.69) is 133 Å². The van der Waals surface area contributed by atoms with Crippen molar-refractivity contribution < 1.29 is 85.2 Å². The van der Waals surface area contributed by atoms with Crippen LogP contribution in [-0.2, 0) is 105 Å². The summed E-state index contributed by atoms with van der Waals surface area (Å²) in [7, 11) is 0. The van der Waals surface area contributed by atoms with Crippen LogP contribution in [0.5, 0.6) is 0 Å². The lowest BCUT2D eigenvalue weighted by molar-refractivity contribution is -0.121. The molecule has 0 saturated heterocycles. The zero-order chi connectivity index (χ0) is 68.0. The smallest absolute Gasteiger partial charge is 0.338 e. The maximum absolute atomic E-state index is 12.5. The molecule has 1 aromatic rings. The molecule has 0 bridgehead atoms. The molecule has 0 spiro atoms. The fourth-order valence-electron chi connectivity index (χ4n) is 5.48. The van der Waals surface area contributed by atoms with Gasteiger partial charge in [-0.2, -0.15) is 0 Å². The molecule has 1 rings (SSSR count). The van der Waals surface area contributed by atoms with Gasteiger partial charge < -0.3 is 46.8 Å². The Balaban J connectivity index is -0.000000341. The number of carbonyl (C=O) groups is 3. The maximum atomic E-state index is 12.5. The number of unbranched alkanes of at least 4 members (excludes halogenated alkanes) is 1. The van der Waals surface area contributed by atoms with Crippen LogP contribution in [0.3, 0.4) is 0 Å². The number of allylic oxidation sites excluding steroid dienone is 8. The Morgan fingerprint density at radius 3 is 1.16 bits per heavy atom. The molecule has 0 saturated carbocycles. The Bertz CT molecular complexity index is 2140. The lowest BCUT2D eigenvalue weighted by atomic mass is 10.1. The minimum absolute atomic E-state index is 0.0494. The molecule has 0 radical (unpaired) electrons. The number of hydrogen-bond acceptors (Lipinski definition) is 20. The Labute approximate surface area is 543 Å². The van der Waals surface area contributed by atoms with Crippen molar-refractivity contribution in [1.82, 2.24) is 10.8 Å². The molecule has 0 fully saturated rings. The summed E-state index contributed by atoms with van der Waals surface area (Å²) >= 11 is -7.68. The third-order valence-corrected chi connectivity index (χ3v) is 13.0. The van der Waals surface area contributed by atoms with E-state index in [-0.39, 0.29) is 49.7 Å². The molecule has 1 amide bonds. The number of carbonyl (C=O) groups excluding carboxylic acids is 3. The number of esters is 2. The molecule has 0 aromatic heterocycles. The number of rotatable bonds is 52. The normalized spacial score (nSPS) is 11.6. The molecular formula is C63H98N2O19S5. The average molecular weight is 1350 g/mol. The van der Waals surface area contributed by atoms with Crippen molar-refractivity contribution in [2.75, 3.05) is 45.2 Å². The first-order valence-electron chi connectivity index (χ1n) is 27.7. The van der Waals surface area contributed by atoms with Crippen LogP contribution in [0.25, 0.3) is 0 Å². The lowest BCUT2D eigenvalue weighted by Gasteiger charge is -2.17. The van der Waals surface area contributed by atoms with Crippen molar-refractivity contribution in [3.05, 3.63) is 211 Å². The van der Waals surface area contributed by atoms with Gasteiger partial charge in [0.1, 0.15) is 12.2 Å². The summed E-state index contributed by atoms with van der Waals surface area (Å²) in [6.45, 7) is 49.9. The molecule has 0 aliphatic heterocycles. The van der Waals surface area contributed by atoms with Gasteiger partial charge in [-0.25, -0.2) is 36.1 Å². The van der Waals surface area contributed by atoms with Gasteiger partial charge >= 0.3 is 11.9 Å². The van der Waals surface area contributed by atoms with Gasteiger partial charge in [0.25, 0.3) is 0 Å². The Morgan fingerprint density at radius 2 is 0.831 bits per heavy atom. The van der Waals surface area contributed by atoms with E-state index in [9.17, 15) is 40.5 Å². The molecular weight excluding hydrogens is 1250 g/mol. The third kappa shape index (κ3) is 69.2. The van der Waals surface area contributed by atoms with Crippen LogP contribution in [0.2, 0.25) is 0 Å². The van der Waals surface area contributed by atoms with Crippen molar-refractivity contribution in [3.8, 4) is 0 Å².